The van der Waals surface area contributed by atoms with Gasteiger partial charge in [-0.25, -0.2) is 0 Å². The van der Waals surface area contributed by atoms with Crippen molar-refractivity contribution >= 4 is 27.5 Å². The molecule has 0 saturated carbocycles. The second-order valence-corrected chi connectivity index (χ2v) is 5.37. The van der Waals surface area contributed by atoms with Crippen LogP contribution in [0.15, 0.2) is 46.9 Å². The van der Waals surface area contributed by atoms with Gasteiger partial charge < -0.3 is 10.1 Å². The number of halogens is 1. The molecule has 0 heterocycles. The summed E-state index contributed by atoms with van der Waals surface area (Å²) in [4.78, 5) is 11.8. The number of nitrogens with one attached hydrogen (secondary N) is 1. The molecule has 2 rings (SSSR count). The van der Waals surface area contributed by atoms with Crippen LogP contribution >= 0.6 is 15.9 Å². The lowest BCUT2D eigenvalue weighted by Gasteiger charge is -2.09. The lowest BCUT2D eigenvalue weighted by Crippen LogP contribution is -2.20. The zero-order valence-corrected chi connectivity index (χ0v) is 13.0. The van der Waals surface area contributed by atoms with Gasteiger partial charge in [-0.05, 0) is 42.8 Å². The smallest absolute Gasteiger partial charge is 0.262 e. The number of aryl methyl sites for hydroxylation is 1. The fourth-order valence-corrected chi connectivity index (χ4v) is 2.14. The molecule has 0 radical (unpaired) electrons. The van der Waals surface area contributed by atoms with Crippen LogP contribution in [-0.4, -0.2) is 12.5 Å². The average Bonchev–Trinajstić information content (AvgIpc) is 2.45. The van der Waals surface area contributed by atoms with Crippen molar-refractivity contribution in [1.29, 1.82) is 5.26 Å². The molecular formula is C16H13BrN2O2. The van der Waals surface area contributed by atoms with Crippen molar-refractivity contribution in [2.45, 2.75) is 6.92 Å². The molecule has 106 valence electrons. The molecule has 21 heavy (non-hydrogen) atoms. The summed E-state index contributed by atoms with van der Waals surface area (Å²) in [6, 6.07) is 14.6. The second kappa shape index (κ2) is 6.91. The van der Waals surface area contributed by atoms with Gasteiger partial charge in [-0.15, -0.1) is 0 Å². The molecule has 0 bridgehead atoms. The molecule has 0 unspecified atom stereocenters. The predicted octanol–water partition coefficient (Wildman–Crippen LogP) is 3.65. The Kier molecular flexibility index (Phi) is 4.96. The molecule has 2 aromatic carbocycles. The van der Waals surface area contributed by atoms with Gasteiger partial charge in [0.05, 0.1) is 5.56 Å². The van der Waals surface area contributed by atoms with E-state index >= 15 is 0 Å². The number of rotatable bonds is 4. The molecule has 0 aliphatic rings. The minimum Gasteiger partial charge on any atom is -0.482 e. The number of hydrogen-bond donors (Lipinski definition) is 1. The topological polar surface area (TPSA) is 62.1 Å². The summed E-state index contributed by atoms with van der Waals surface area (Å²) in [5, 5.41) is 11.8. The van der Waals surface area contributed by atoms with Crippen LogP contribution in [-0.2, 0) is 4.79 Å². The van der Waals surface area contributed by atoms with Crippen molar-refractivity contribution in [3.63, 3.8) is 0 Å². The van der Waals surface area contributed by atoms with Crippen LogP contribution in [0.2, 0.25) is 0 Å². The first-order chi connectivity index (χ1) is 10.1. The zero-order valence-electron chi connectivity index (χ0n) is 11.4. The summed E-state index contributed by atoms with van der Waals surface area (Å²) in [5.74, 6) is 0.118. The van der Waals surface area contributed by atoms with E-state index in [4.69, 9.17) is 10.00 Å². The molecule has 0 aliphatic carbocycles. The quantitative estimate of drug-likeness (QED) is 0.920. The molecule has 0 saturated heterocycles. The van der Waals surface area contributed by atoms with E-state index in [0.717, 1.165) is 15.7 Å². The number of hydrogen-bond acceptors (Lipinski definition) is 3. The van der Waals surface area contributed by atoms with E-state index in [0.29, 0.717) is 11.3 Å². The van der Waals surface area contributed by atoms with Crippen LogP contribution in [0.5, 0.6) is 5.75 Å². The summed E-state index contributed by atoms with van der Waals surface area (Å²) in [6.45, 7) is 1.80. The third kappa shape index (κ3) is 4.33. The van der Waals surface area contributed by atoms with Gasteiger partial charge in [-0.3, -0.25) is 4.79 Å². The van der Waals surface area contributed by atoms with E-state index in [1.165, 1.54) is 0 Å². The van der Waals surface area contributed by atoms with E-state index < -0.39 is 0 Å². The summed E-state index contributed by atoms with van der Waals surface area (Å²) < 4.78 is 6.18. The Morgan fingerprint density at radius 3 is 2.86 bits per heavy atom. The van der Waals surface area contributed by atoms with Crippen molar-refractivity contribution < 1.29 is 9.53 Å². The SMILES string of the molecule is Cc1cccc(NC(=O)COc2ccc(Br)cc2C#N)c1. The number of benzene rings is 2. The van der Waals surface area contributed by atoms with E-state index in [2.05, 4.69) is 21.2 Å². The Morgan fingerprint density at radius 2 is 2.14 bits per heavy atom. The molecule has 0 aliphatic heterocycles. The Bertz CT molecular complexity index is 708. The fourth-order valence-electron chi connectivity index (χ4n) is 1.78. The minimum absolute atomic E-state index is 0.149. The molecule has 0 fully saturated rings. The number of ether oxygens (including phenoxy) is 1. The summed E-state index contributed by atoms with van der Waals surface area (Å²) in [5.41, 5.74) is 2.17. The van der Waals surface area contributed by atoms with E-state index in [9.17, 15) is 4.79 Å². The van der Waals surface area contributed by atoms with Gasteiger partial charge in [-0.1, -0.05) is 28.1 Å². The van der Waals surface area contributed by atoms with Crippen molar-refractivity contribution in [2.24, 2.45) is 0 Å². The first kappa shape index (κ1) is 15.1. The molecule has 5 heteroatoms. The second-order valence-electron chi connectivity index (χ2n) is 4.46. The highest BCUT2D eigenvalue weighted by Crippen LogP contribution is 2.22. The molecular weight excluding hydrogens is 332 g/mol. The van der Waals surface area contributed by atoms with Gasteiger partial charge in [-0.2, -0.15) is 5.26 Å². The average molecular weight is 345 g/mol. The molecule has 0 spiro atoms. The normalized spacial score (nSPS) is 9.76. The summed E-state index contributed by atoms with van der Waals surface area (Å²) in [6.07, 6.45) is 0. The van der Waals surface area contributed by atoms with E-state index in [1.807, 2.05) is 37.3 Å². The number of anilines is 1. The van der Waals surface area contributed by atoms with Gasteiger partial charge in [0.1, 0.15) is 11.8 Å². The standard InChI is InChI=1S/C16H13BrN2O2/c1-11-3-2-4-14(7-11)19-16(20)10-21-15-6-5-13(17)8-12(15)9-18/h2-8H,10H2,1H3,(H,19,20). The summed E-state index contributed by atoms with van der Waals surface area (Å²) >= 11 is 3.28. The van der Waals surface area contributed by atoms with Crippen LogP contribution < -0.4 is 10.1 Å². The number of amides is 1. The Balaban J connectivity index is 1.97. The lowest BCUT2D eigenvalue weighted by atomic mass is 10.2. The van der Waals surface area contributed by atoms with E-state index in [1.54, 1.807) is 18.2 Å². The predicted molar refractivity (Wildman–Crippen MR) is 84.2 cm³/mol. The lowest BCUT2D eigenvalue weighted by molar-refractivity contribution is -0.118. The molecule has 4 nitrogen and oxygen atoms in total. The van der Waals surface area contributed by atoms with Crippen molar-refractivity contribution in [3.05, 3.63) is 58.1 Å². The number of nitrogens with zero attached hydrogens (tertiary/aromatic N) is 1. The van der Waals surface area contributed by atoms with E-state index in [-0.39, 0.29) is 12.5 Å². The van der Waals surface area contributed by atoms with Crippen LogP contribution in [0.1, 0.15) is 11.1 Å². The van der Waals surface area contributed by atoms with Crippen LogP contribution in [0.3, 0.4) is 0 Å². The maximum atomic E-state index is 11.8. The van der Waals surface area contributed by atoms with Gasteiger partial charge in [0.15, 0.2) is 6.61 Å². The molecule has 0 atom stereocenters. The van der Waals surface area contributed by atoms with Gasteiger partial charge in [0, 0.05) is 10.2 Å². The minimum atomic E-state index is -0.271. The number of nitriles is 1. The van der Waals surface area contributed by atoms with Crippen molar-refractivity contribution in [2.75, 3.05) is 11.9 Å². The zero-order chi connectivity index (χ0) is 15.2. The molecule has 1 N–H and O–H groups in total. The maximum Gasteiger partial charge on any atom is 0.262 e. The Labute approximate surface area is 131 Å². The fraction of sp³-hybridized carbons (Fsp3) is 0.125. The van der Waals surface area contributed by atoms with Gasteiger partial charge in [0.2, 0.25) is 0 Å². The third-order valence-corrected chi connectivity index (χ3v) is 3.22. The number of carbonyl (C=O) groups excluding carboxylic acids is 1. The highest BCUT2D eigenvalue weighted by atomic mass is 79.9. The van der Waals surface area contributed by atoms with Gasteiger partial charge >= 0.3 is 0 Å². The van der Waals surface area contributed by atoms with Crippen molar-refractivity contribution in [1.82, 2.24) is 0 Å². The first-order valence-corrected chi connectivity index (χ1v) is 7.07. The largest absolute Gasteiger partial charge is 0.482 e. The summed E-state index contributed by atoms with van der Waals surface area (Å²) in [7, 11) is 0. The Hall–Kier alpha value is -2.32. The van der Waals surface area contributed by atoms with Crippen LogP contribution in [0, 0.1) is 18.3 Å². The van der Waals surface area contributed by atoms with Crippen molar-refractivity contribution in [3.8, 4) is 11.8 Å². The highest BCUT2D eigenvalue weighted by Gasteiger charge is 2.08. The highest BCUT2D eigenvalue weighted by molar-refractivity contribution is 9.10. The molecule has 2 aromatic rings. The molecule has 1 amide bonds. The third-order valence-electron chi connectivity index (χ3n) is 2.72. The number of carbonyl (C=O) groups is 1. The maximum absolute atomic E-state index is 11.8. The van der Waals surface area contributed by atoms with Gasteiger partial charge in [0.25, 0.3) is 5.91 Å². The Morgan fingerprint density at radius 1 is 1.33 bits per heavy atom. The monoisotopic (exact) mass is 344 g/mol. The van der Waals surface area contributed by atoms with Crippen LogP contribution in [0.25, 0.3) is 0 Å². The van der Waals surface area contributed by atoms with Crippen LogP contribution in [0.4, 0.5) is 5.69 Å². The first-order valence-electron chi connectivity index (χ1n) is 6.27. The molecule has 0 aromatic heterocycles.